The number of carbonyl (C=O) groups excluding carboxylic acids is 1. The molecule has 114 valence electrons. The van der Waals surface area contributed by atoms with Gasteiger partial charge in [-0.05, 0) is 33.7 Å². The molecule has 0 rings (SSSR count). The Bertz CT molecular complexity index is 241. The van der Waals surface area contributed by atoms with Gasteiger partial charge >= 0.3 is 0 Å². The smallest absolute Gasteiger partial charge is 0.236 e. The minimum absolute atomic E-state index is 0.175. The molecule has 0 radical (unpaired) electrons. The molecule has 0 aliphatic heterocycles. The second kappa shape index (κ2) is 9.32. The van der Waals surface area contributed by atoms with E-state index in [0.29, 0.717) is 13.1 Å². The maximum atomic E-state index is 12.3. The Morgan fingerprint density at radius 3 is 1.95 bits per heavy atom. The average molecular weight is 272 g/mol. The summed E-state index contributed by atoms with van der Waals surface area (Å²) in [5.74, 6) is 0.175. The summed E-state index contributed by atoms with van der Waals surface area (Å²) >= 11 is 0. The van der Waals surface area contributed by atoms with E-state index >= 15 is 0 Å². The molecular weight excluding hydrogens is 240 g/mol. The van der Waals surface area contributed by atoms with Crippen LogP contribution in [-0.4, -0.2) is 59.6 Å². The largest absolute Gasteiger partial charge is 0.389 e. The van der Waals surface area contributed by atoms with E-state index < -0.39 is 5.60 Å². The molecule has 1 amide bonds. The third kappa shape index (κ3) is 9.91. The molecule has 0 saturated heterocycles. The summed E-state index contributed by atoms with van der Waals surface area (Å²) in [6.45, 7) is 10.4. The Morgan fingerprint density at radius 2 is 1.58 bits per heavy atom. The van der Waals surface area contributed by atoms with Gasteiger partial charge in [-0.25, -0.2) is 0 Å². The van der Waals surface area contributed by atoms with Crippen LogP contribution in [0, 0.1) is 0 Å². The molecule has 0 heterocycles. The van der Waals surface area contributed by atoms with Crippen LogP contribution in [0.1, 0.15) is 53.4 Å². The van der Waals surface area contributed by atoms with Crippen LogP contribution >= 0.6 is 0 Å². The van der Waals surface area contributed by atoms with Gasteiger partial charge in [-0.2, -0.15) is 0 Å². The van der Waals surface area contributed by atoms with E-state index in [1.165, 1.54) is 0 Å². The summed E-state index contributed by atoms with van der Waals surface area (Å²) in [6, 6.07) is 0. The molecule has 0 saturated carbocycles. The van der Waals surface area contributed by atoms with Crippen molar-refractivity contribution < 1.29 is 9.90 Å². The number of hydrogen-bond donors (Lipinski definition) is 1. The van der Waals surface area contributed by atoms with Gasteiger partial charge in [0.2, 0.25) is 5.91 Å². The number of likely N-dealkylation sites (N-methyl/N-ethyl adjacent to an activating group) is 1. The van der Waals surface area contributed by atoms with Crippen molar-refractivity contribution in [1.29, 1.82) is 0 Å². The molecule has 0 aromatic carbocycles. The highest BCUT2D eigenvalue weighted by molar-refractivity contribution is 5.78. The molecule has 0 aromatic rings. The Labute approximate surface area is 118 Å². The number of amides is 1. The Hall–Kier alpha value is -0.610. The molecule has 0 atom stereocenters. The highest BCUT2D eigenvalue weighted by atomic mass is 16.3. The topological polar surface area (TPSA) is 43.8 Å². The molecule has 0 aliphatic carbocycles. The summed E-state index contributed by atoms with van der Waals surface area (Å²) in [7, 11) is 1.88. The lowest BCUT2D eigenvalue weighted by atomic mass is 10.1. The Balaban J connectivity index is 4.28. The van der Waals surface area contributed by atoms with Crippen molar-refractivity contribution in [3.05, 3.63) is 0 Å². The molecule has 0 unspecified atom stereocenters. The number of hydrogen-bond acceptors (Lipinski definition) is 3. The van der Waals surface area contributed by atoms with Gasteiger partial charge in [0, 0.05) is 19.6 Å². The third-order valence-electron chi connectivity index (χ3n) is 2.98. The Morgan fingerprint density at radius 1 is 1.11 bits per heavy atom. The van der Waals surface area contributed by atoms with Crippen molar-refractivity contribution in [2.75, 3.05) is 33.2 Å². The fraction of sp³-hybridized carbons (Fsp3) is 0.933. The van der Waals surface area contributed by atoms with Crippen LogP contribution in [0.4, 0.5) is 0 Å². The highest BCUT2D eigenvalue weighted by Crippen LogP contribution is 2.05. The van der Waals surface area contributed by atoms with Crippen LogP contribution in [0.15, 0.2) is 0 Å². The van der Waals surface area contributed by atoms with Crippen molar-refractivity contribution in [3.8, 4) is 0 Å². The third-order valence-corrected chi connectivity index (χ3v) is 2.98. The van der Waals surface area contributed by atoms with E-state index in [2.05, 4.69) is 13.8 Å². The van der Waals surface area contributed by atoms with E-state index in [1.807, 2.05) is 16.8 Å². The quantitative estimate of drug-likeness (QED) is 0.662. The number of unbranched alkanes of at least 4 members (excludes halogenated alkanes) is 2. The van der Waals surface area contributed by atoms with Crippen molar-refractivity contribution in [1.82, 2.24) is 9.80 Å². The maximum absolute atomic E-state index is 12.3. The lowest BCUT2D eigenvalue weighted by Gasteiger charge is -2.28. The molecule has 4 heteroatoms. The van der Waals surface area contributed by atoms with Gasteiger partial charge in [0.15, 0.2) is 0 Å². The average Bonchev–Trinajstić information content (AvgIpc) is 2.26. The molecule has 19 heavy (non-hydrogen) atoms. The number of carbonyl (C=O) groups is 1. The van der Waals surface area contributed by atoms with Gasteiger partial charge < -0.3 is 10.0 Å². The fourth-order valence-corrected chi connectivity index (χ4v) is 2.11. The van der Waals surface area contributed by atoms with E-state index in [9.17, 15) is 9.90 Å². The number of rotatable bonds is 10. The summed E-state index contributed by atoms with van der Waals surface area (Å²) in [4.78, 5) is 16.1. The van der Waals surface area contributed by atoms with Crippen molar-refractivity contribution >= 4 is 5.91 Å². The first kappa shape index (κ1) is 18.4. The first-order valence-electron chi connectivity index (χ1n) is 7.48. The second-order valence-corrected chi connectivity index (χ2v) is 6.07. The van der Waals surface area contributed by atoms with Gasteiger partial charge in [-0.15, -0.1) is 0 Å². The summed E-state index contributed by atoms with van der Waals surface area (Å²) in [5.41, 5.74) is -0.757. The molecule has 0 spiro atoms. The monoisotopic (exact) mass is 272 g/mol. The number of aliphatic hydroxyl groups is 1. The van der Waals surface area contributed by atoms with Gasteiger partial charge in [-0.3, -0.25) is 9.69 Å². The first-order valence-corrected chi connectivity index (χ1v) is 7.48. The van der Waals surface area contributed by atoms with Gasteiger partial charge in [0.25, 0.3) is 0 Å². The van der Waals surface area contributed by atoms with Crippen molar-refractivity contribution in [2.45, 2.75) is 59.0 Å². The summed E-state index contributed by atoms with van der Waals surface area (Å²) < 4.78 is 0. The normalized spacial score (nSPS) is 11.9. The Kier molecular flexibility index (Phi) is 9.02. The second-order valence-electron chi connectivity index (χ2n) is 6.07. The van der Waals surface area contributed by atoms with Gasteiger partial charge in [0.1, 0.15) is 0 Å². The van der Waals surface area contributed by atoms with Crippen LogP contribution in [0.5, 0.6) is 0 Å². The van der Waals surface area contributed by atoms with E-state index in [1.54, 1.807) is 13.8 Å². The van der Waals surface area contributed by atoms with Crippen LogP contribution in [0.2, 0.25) is 0 Å². The fourth-order valence-electron chi connectivity index (χ4n) is 2.11. The van der Waals surface area contributed by atoms with Crippen LogP contribution < -0.4 is 0 Å². The van der Waals surface area contributed by atoms with Crippen LogP contribution in [0.3, 0.4) is 0 Å². The molecular formula is C15H32N2O2. The lowest BCUT2D eigenvalue weighted by molar-refractivity contribution is -0.132. The van der Waals surface area contributed by atoms with E-state index in [-0.39, 0.29) is 5.91 Å². The standard InChI is InChI=1S/C15H32N2O2/c1-6-8-10-17(11-9-7-2)14(18)12-16(5)13-15(3,4)19/h19H,6-13H2,1-5H3. The molecule has 1 N–H and O–H groups in total. The summed E-state index contributed by atoms with van der Waals surface area (Å²) in [6.07, 6.45) is 4.33. The first-order chi connectivity index (χ1) is 8.80. The van der Waals surface area contributed by atoms with Crippen molar-refractivity contribution in [3.63, 3.8) is 0 Å². The minimum Gasteiger partial charge on any atom is -0.389 e. The maximum Gasteiger partial charge on any atom is 0.236 e. The predicted molar refractivity (Wildman–Crippen MR) is 80.2 cm³/mol. The molecule has 0 fully saturated rings. The van der Waals surface area contributed by atoms with Gasteiger partial charge in [-0.1, -0.05) is 26.7 Å². The van der Waals surface area contributed by atoms with Crippen LogP contribution in [-0.2, 0) is 4.79 Å². The SMILES string of the molecule is CCCCN(CCCC)C(=O)CN(C)CC(C)(C)O. The van der Waals surface area contributed by atoms with E-state index in [4.69, 9.17) is 0 Å². The number of nitrogens with zero attached hydrogens (tertiary/aromatic N) is 2. The lowest BCUT2D eigenvalue weighted by Crippen LogP contribution is -2.44. The molecule has 4 nitrogen and oxygen atoms in total. The zero-order valence-electron chi connectivity index (χ0n) is 13.4. The zero-order chi connectivity index (χ0) is 14.9. The van der Waals surface area contributed by atoms with Crippen LogP contribution in [0.25, 0.3) is 0 Å². The summed E-state index contributed by atoms with van der Waals surface area (Å²) in [5, 5.41) is 9.76. The van der Waals surface area contributed by atoms with Crippen molar-refractivity contribution in [2.24, 2.45) is 0 Å². The predicted octanol–water partition coefficient (Wildman–Crippen LogP) is 2.12. The molecule has 0 bridgehead atoms. The zero-order valence-corrected chi connectivity index (χ0v) is 13.4. The molecule has 0 aliphatic rings. The highest BCUT2D eigenvalue weighted by Gasteiger charge is 2.19. The minimum atomic E-state index is -0.757. The molecule has 0 aromatic heterocycles. The van der Waals surface area contributed by atoms with E-state index in [0.717, 1.165) is 38.8 Å². The van der Waals surface area contributed by atoms with Gasteiger partial charge in [0.05, 0.1) is 12.1 Å².